The SMILES string of the molecule is N=Cc1ccccc1Oc1c2ccccc2cc2ccccc12. The van der Waals surface area contributed by atoms with Crippen LogP contribution in [0.4, 0.5) is 0 Å². The van der Waals surface area contributed by atoms with E-state index < -0.39 is 0 Å². The lowest BCUT2D eigenvalue weighted by Crippen LogP contribution is -1.92. The van der Waals surface area contributed by atoms with Crippen molar-refractivity contribution < 1.29 is 4.74 Å². The van der Waals surface area contributed by atoms with Crippen LogP contribution in [0.3, 0.4) is 0 Å². The van der Waals surface area contributed by atoms with E-state index in [0.717, 1.165) is 32.9 Å². The van der Waals surface area contributed by atoms with E-state index >= 15 is 0 Å². The predicted octanol–water partition coefficient (Wildman–Crippen LogP) is 5.78. The summed E-state index contributed by atoms with van der Waals surface area (Å²) in [5.41, 5.74) is 0.768. The van der Waals surface area contributed by atoms with Gasteiger partial charge in [0.15, 0.2) is 0 Å². The molecule has 4 aromatic carbocycles. The normalized spacial score (nSPS) is 10.8. The Balaban J connectivity index is 2.01. The van der Waals surface area contributed by atoms with Crippen molar-refractivity contribution in [1.82, 2.24) is 0 Å². The highest BCUT2D eigenvalue weighted by molar-refractivity contribution is 6.05. The standard InChI is InChI=1S/C21H15NO/c22-14-17-9-3-6-12-20(17)23-21-18-10-4-1-7-15(18)13-16-8-2-5-11-19(16)21/h1-14,22H. The Labute approximate surface area is 134 Å². The second kappa shape index (κ2) is 5.58. The van der Waals surface area contributed by atoms with Crippen molar-refractivity contribution in [3.63, 3.8) is 0 Å². The van der Waals surface area contributed by atoms with Crippen LogP contribution >= 0.6 is 0 Å². The van der Waals surface area contributed by atoms with Crippen molar-refractivity contribution in [2.24, 2.45) is 0 Å². The number of nitrogens with one attached hydrogen (secondary N) is 1. The Bertz CT molecular complexity index is 966. The van der Waals surface area contributed by atoms with Gasteiger partial charge >= 0.3 is 0 Å². The Morgan fingerprint density at radius 1 is 0.696 bits per heavy atom. The van der Waals surface area contributed by atoms with Gasteiger partial charge in [-0.3, -0.25) is 0 Å². The lowest BCUT2D eigenvalue weighted by atomic mass is 10.0. The number of hydrogen-bond donors (Lipinski definition) is 1. The van der Waals surface area contributed by atoms with E-state index in [9.17, 15) is 0 Å². The zero-order valence-electron chi connectivity index (χ0n) is 12.5. The largest absolute Gasteiger partial charge is 0.455 e. The van der Waals surface area contributed by atoms with E-state index in [0.29, 0.717) is 5.75 Å². The van der Waals surface area contributed by atoms with Gasteiger partial charge in [-0.15, -0.1) is 0 Å². The molecule has 0 fully saturated rings. The number of benzene rings is 4. The van der Waals surface area contributed by atoms with Crippen LogP contribution in [0.25, 0.3) is 21.5 Å². The quantitative estimate of drug-likeness (QED) is 0.377. The molecule has 4 rings (SSSR count). The maximum absolute atomic E-state index is 7.57. The maximum atomic E-state index is 7.57. The molecular weight excluding hydrogens is 282 g/mol. The molecule has 2 heteroatoms. The third kappa shape index (κ3) is 2.34. The van der Waals surface area contributed by atoms with Crippen molar-refractivity contribution in [3.05, 3.63) is 84.4 Å². The molecule has 0 bridgehead atoms. The molecule has 0 saturated carbocycles. The summed E-state index contributed by atoms with van der Waals surface area (Å²) in [4.78, 5) is 0. The van der Waals surface area contributed by atoms with E-state index in [1.807, 2.05) is 48.5 Å². The van der Waals surface area contributed by atoms with Gasteiger partial charge in [-0.05, 0) is 29.0 Å². The third-order valence-corrected chi connectivity index (χ3v) is 4.01. The molecule has 2 nitrogen and oxygen atoms in total. The van der Waals surface area contributed by atoms with Crippen LogP contribution in [0.15, 0.2) is 78.9 Å². The molecule has 0 amide bonds. The monoisotopic (exact) mass is 297 g/mol. The van der Waals surface area contributed by atoms with Gasteiger partial charge in [0.05, 0.1) is 0 Å². The van der Waals surface area contributed by atoms with E-state index in [1.54, 1.807) is 0 Å². The van der Waals surface area contributed by atoms with Crippen molar-refractivity contribution in [2.75, 3.05) is 0 Å². The van der Waals surface area contributed by atoms with Gasteiger partial charge in [0.1, 0.15) is 11.5 Å². The molecule has 0 saturated heterocycles. The number of para-hydroxylation sites is 1. The van der Waals surface area contributed by atoms with Crippen molar-refractivity contribution in [3.8, 4) is 11.5 Å². The van der Waals surface area contributed by atoms with Gasteiger partial charge in [0.25, 0.3) is 0 Å². The molecule has 0 atom stereocenters. The van der Waals surface area contributed by atoms with Gasteiger partial charge in [-0.1, -0.05) is 60.7 Å². The Morgan fingerprint density at radius 3 is 1.91 bits per heavy atom. The molecule has 0 aliphatic rings. The first-order valence-corrected chi connectivity index (χ1v) is 7.54. The van der Waals surface area contributed by atoms with Crippen molar-refractivity contribution in [1.29, 1.82) is 5.41 Å². The molecule has 1 N–H and O–H groups in total. The molecule has 0 aliphatic heterocycles. The van der Waals surface area contributed by atoms with E-state index in [2.05, 4.69) is 30.3 Å². The summed E-state index contributed by atoms with van der Waals surface area (Å²) >= 11 is 0. The van der Waals surface area contributed by atoms with Crippen LogP contribution in [0, 0.1) is 5.41 Å². The summed E-state index contributed by atoms with van der Waals surface area (Å²) in [6.45, 7) is 0. The Kier molecular flexibility index (Phi) is 3.28. The third-order valence-electron chi connectivity index (χ3n) is 4.01. The van der Waals surface area contributed by atoms with Crippen LogP contribution < -0.4 is 4.74 Å². The van der Waals surface area contributed by atoms with Gasteiger partial charge < -0.3 is 10.1 Å². The zero-order chi connectivity index (χ0) is 15.6. The summed E-state index contributed by atoms with van der Waals surface area (Å²) in [6.07, 6.45) is 1.32. The second-order valence-corrected chi connectivity index (χ2v) is 5.43. The lowest BCUT2D eigenvalue weighted by molar-refractivity contribution is 0.493. The first kappa shape index (κ1) is 13.5. The summed E-state index contributed by atoms with van der Waals surface area (Å²) < 4.78 is 6.28. The summed E-state index contributed by atoms with van der Waals surface area (Å²) in [5.74, 6) is 1.54. The molecule has 0 radical (unpaired) electrons. The summed E-state index contributed by atoms with van der Waals surface area (Å²) in [6, 6.07) is 26.2. The Hall–Kier alpha value is -3.13. The molecule has 4 aromatic rings. The molecule has 0 unspecified atom stereocenters. The molecular formula is C21H15NO. The van der Waals surface area contributed by atoms with Crippen LogP contribution in [0.1, 0.15) is 5.56 Å². The summed E-state index contributed by atoms with van der Waals surface area (Å²) in [5, 5.41) is 12.0. The van der Waals surface area contributed by atoms with Crippen LogP contribution in [-0.4, -0.2) is 6.21 Å². The highest BCUT2D eigenvalue weighted by atomic mass is 16.5. The number of ether oxygens (including phenoxy) is 1. The minimum absolute atomic E-state index is 0.698. The van der Waals surface area contributed by atoms with E-state index in [4.69, 9.17) is 10.1 Å². The highest BCUT2D eigenvalue weighted by Crippen LogP contribution is 2.38. The average Bonchev–Trinajstić information content (AvgIpc) is 2.62. The average molecular weight is 297 g/mol. The maximum Gasteiger partial charge on any atom is 0.143 e. The minimum atomic E-state index is 0.698. The molecule has 23 heavy (non-hydrogen) atoms. The van der Waals surface area contributed by atoms with Crippen molar-refractivity contribution in [2.45, 2.75) is 0 Å². The number of fused-ring (bicyclic) bond motifs is 2. The molecule has 0 heterocycles. The van der Waals surface area contributed by atoms with E-state index in [1.165, 1.54) is 6.21 Å². The fourth-order valence-electron chi connectivity index (χ4n) is 2.88. The van der Waals surface area contributed by atoms with Crippen LogP contribution in [0.5, 0.6) is 11.5 Å². The summed E-state index contributed by atoms with van der Waals surface area (Å²) in [7, 11) is 0. The smallest absolute Gasteiger partial charge is 0.143 e. The van der Waals surface area contributed by atoms with Crippen molar-refractivity contribution >= 4 is 27.8 Å². The molecule has 0 aromatic heterocycles. The first-order valence-electron chi connectivity index (χ1n) is 7.54. The second-order valence-electron chi connectivity index (χ2n) is 5.43. The first-order chi connectivity index (χ1) is 11.4. The molecule has 110 valence electrons. The van der Waals surface area contributed by atoms with Gasteiger partial charge in [-0.25, -0.2) is 0 Å². The fraction of sp³-hybridized carbons (Fsp3) is 0. The van der Waals surface area contributed by atoms with Crippen LogP contribution in [0.2, 0.25) is 0 Å². The van der Waals surface area contributed by atoms with Gasteiger partial charge in [0, 0.05) is 22.6 Å². The fourth-order valence-corrected chi connectivity index (χ4v) is 2.88. The Morgan fingerprint density at radius 2 is 1.26 bits per heavy atom. The van der Waals surface area contributed by atoms with Crippen LogP contribution in [-0.2, 0) is 0 Å². The van der Waals surface area contributed by atoms with Gasteiger partial charge in [0.2, 0.25) is 0 Å². The number of rotatable bonds is 3. The highest BCUT2D eigenvalue weighted by Gasteiger charge is 2.11. The number of hydrogen-bond acceptors (Lipinski definition) is 2. The lowest BCUT2D eigenvalue weighted by Gasteiger charge is -2.14. The predicted molar refractivity (Wildman–Crippen MR) is 95.9 cm³/mol. The zero-order valence-corrected chi connectivity index (χ0v) is 12.5. The minimum Gasteiger partial charge on any atom is -0.455 e. The molecule has 0 aliphatic carbocycles. The molecule has 0 spiro atoms. The van der Waals surface area contributed by atoms with E-state index in [-0.39, 0.29) is 0 Å². The topological polar surface area (TPSA) is 33.1 Å². The van der Waals surface area contributed by atoms with Gasteiger partial charge in [-0.2, -0.15) is 0 Å².